The third kappa shape index (κ3) is 5.70. The second-order valence-electron chi connectivity index (χ2n) is 3.56. The molecule has 0 radical (unpaired) electrons. The summed E-state index contributed by atoms with van der Waals surface area (Å²) < 4.78 is 4.98. The molecule has 0 aliphatic heterocycles. The Balaban J connectivity index is 2.37. The summed E-state index contributed by atoms with van der Waals surface area (Å²) in [5.41, 5.74) is 1.71. The molecule has 0 heterocycles. The van der Waals surface area contributed by atoms with E-state index in [1.165, 1.54) is 0 Å². The Labute approximate surface area is 110 Å². The average Bonchev–Trinajstić information content (AvgIpc) is 2.31. The van der Waals surface area contributed by atoms with Crippen LogP contribution >= 0.6 is 11.8 Å². The van der Waals surface area contributed by atoms with E-state index in [0.717, 1.165) is 17.3 Å². The van der Waals surface area contributed by atoms with Gasteiger partial charge >= 0.3 is 5.97 Å². The number of carbonyl (C=O) groups is 2. The summed E-state index contributed by atoms with van der Waals surface area (Å²) in [6.45, 7) is 0.530. The average molecular weight is 269 g/mol. The zero-order chi connectivity index (χ0) is 13.4. The molecule has 1 aromatic rings. The molecule has 18 heavy (non-hydrogen) atoms. The van der Waals surface area contributed by atoms with E-state index in [1.54, 1.807) is 19.2 Å². The lowest BCUT2D eigenvalue weighted by atomic mass is 10.2. The molecule has 6 heteroatoms. The van der Waals surface area contributed by atoms with Crippen molar-refractivity contribution in [3.05, 3.63) is 29.8 Å². The van der Waals surface area contributed by atoms with Crippen molar-refractivity contribution in [2.45, 2.75) is 6.61 Å². The van der Waals surface area contributed by atoms with E-state index in [2.05, 4.69) is 5.32 Å². The molecule has 0 saturated carbocycles. The summed E-state index contributed by atoms with van der Waals surface area (Å²) in [7, 11) is 1.62. The molecule has 98 valence electrons. The number of ether oxygens (including phenoxy) is 1. The summed E-state index contributed by atoms with van der Waals surface area (Å²) in [4.78, 5) is 21.7. The van der Waals surface area contributed by atoms with Gasteiger partial charge in [0.05, 0.1) is 18.1 Å². The van der Waals surface area contributed by atoms with Gasteiger partial charge in [0.25, 0.3) is 0 Å². The molecule has 0 unspecified atom stereocenters. The molecule has 0 aliphatic carbocycles. The molecule has 5 nitrogen and oxygen atoms in total. The minimum Gasteiger partial charge on any atom is -0.481 e. The summed E-state index contributed by atoms with van der Waals surface area (Å²) in [5.74, 6) is -1.07. The summed E-state index contributed by atoms with van der Waals surface area (Å²) in [6, 6.07) is 7.30. The van der Waals surface area contributed by atoms with Crippen LogP contribution in [0.4, 0.5) is 5.69 Å². The topological polar surface area (TPSA) is 75.6 Å². The molecule has 1 rings (SSSR count). The smallest absolute Gasteiger partial charge is 0.313 e. The zero-order valence-electron chi connectivity index (χ0n) is 10.0. The van der Waals surface area contributed by atoms with Crippen LogP contribution in [0.1, 0.15) is 5.56 Å². The van der Waals surface area contributed by atoms with Crippen LogP contribution < -0.4 is 5.32 Å². The summed E-state index contributed by atoms with van der Waals surface area (Å²) in [5, 5.41) is 11.1. The van der Waals surface area contributed by atoms with Crippen LogP contribution in [0.5, 0.6) is 0 Å². The number of carbonyl (C=O) groups excluding carboxylic acids is 1. The van der Waals surface area contributed by atoms with Crippen LogP contribution in [-0.2, 0) is 20.9 Å². The highest BCUT2D eigenvalue weighted by molar-refractivity contribution is 8.00. The van der Waals surface area contributed by atoms with Gasteiger partial charge < -0.3 is 15.2 Å². The molecule has 0 spiro atoms. The quantitative estimate of drug-likeness (QED) is 0.786. The number of nitrogens with one attached hydrogen (secondary N) is 1. The van der Waals surface area contributed by atoms with Gasteiger partial charge in [-0.25, -0.2) is 0 Å². The van der Waals surface area contributed by atoms with Gasteiger partial charge in [0.15, 0.2) is 0 Å². The van der Waals surface area contributed by atoms with E-state index in [4.69, 9.17) is 9.84 Å². The van der Waals surface area contributed by atoms with E-state index in [9.17, 15) is 9.59 Å². The van der Waals surface area contributed by atoms with Crippen LogP contribution in [0.2, 0.25) is 0 Å². The van der Waals surface area contributed by atoms with E-state index in [-0.39, 0.29) is 17.4 Å². The number of carboxylic acids is 1. The Morgan fingerprint density at radius 1 is 1.28 bits per heavy atom. The van der Waals surface area contributed by atoms with Crippen molar-refractivity contribution in [2.24, 2.45) is 0 Å². The van der Waals surface area contributed by atoms with Gasteiger partial charge in [0, 0.05) is 12.8 Å². The molecular weight excluding hydrogens is 254 g/mol. The second-order valence-corrected chi connectivity index (χ2v) is 4.55. The van der Waals surface area contributed by atoms with Crippen LogP contribution in [-0.4, -0.2) is 35.6 Å². The molecule has 1 amide bonds. The van der Waals surface area contributed by atoms with E-state index < -0.39 is 5.97 Å². The third-order valence-electron chi connectivity index (χ3n) is 2.01. The monoisotopic (exact) mass is 269 g/mol. The molecule has 1 aromatic carbocycles. The lowest BCUT2D eigenvalue weighted by Gasteiger charge is -2.05. The molecule has 2 N–H and O–H groups in total. The maximum atomic E-state index is 11.5. The fraction of sp³-hybridized carbons (Fsp3) is 0.333. The van der Waals surface area contributed by atoms with Gasteiger partial charge in [-0.15, -0.1) is 11.8 Å². The van der Waals surface area contributed by atoms with Crippen molar-refractivity contribution < 1.29 is 19.4 Å². The van der Waals surface area contributed by atoms with Crippen molar-refractivity contribution in [1.82, 2.24) is 0 Å². The Bertz CT molecular complexity index is 405. The van der Waals surface area contributed by atoms with Crippen LogP contribution in [0, 0.1) is 0 Å². The van der Waals surface area contributed by atoms with E-state index in [1.807, 2.05) is 12.1 Å². The molecular formula is C12H15NO4S. The normalized spacial score (nSPS) is 10.1. The van der Waals surface area contributed by atoms with Gasteiger partial charge in [-0.2, -0.15) is 0 Å². The van der Waals surface area contributed by atoms with Crippen LogP contribution in [0.3, 0.4) is 0 Å². The fourth-order valence-corrected chi connectivity index (χ4v) is 1.81. The van der Waals surface area contributed by atoms with Crippen molar-refractivity contribution in [1.29, 1.82) is 0 Å². The predicted molar refractivity (Wildman–Crippen MR) is 70.7 cm³/mol. The maximum Gasteiger partial charge on any atom is 0.313 e. The highest BCUT2D eigenvalue weighted by Crippen LogP contribution is 2.11. The number of anilines is 1. The first-order chi connectivity index (χ1) is 8.61. The lowest BCUT2D eigenvalue weighted by molar-refractivity contribution is -0.133. The highest BCUT2D eigenvalue weighted by atomic mass is 32.2. The number of aliphatic carboxylic acids is 1. The Morgan fingerprint density at radius 3 is 2.50 bits per heavy atom. The number of amides is 1. The third-order valence-corrected chi connectivity index (χ3v) is 2.92. The minimum atomic E-state index is -0.920. The first-order valence-corrected chi connectivity index (χ1v) is 6.44. The zero-order valence-corrected chi connectivity index (χ0v) is 10.8. The van der Waals surface area contributed by atoms with E-state index >= 15 is 0 Å². The fourth-order valence-electron chi connectivity index (χ4n) is 1.28. The number of hydrogen-bond donors (Lipinski definition) is 2. The van der Waals surface area contributed by atoms with Crippen LogP contribution in [0.25, 0.3) is 0 Å². The predicted octanol–water partition coefficient (Wildman–Crippen LogP) is 1.59. The van der Waals surface area contributed by atoms with Crippen molar-refractivity contribution in [3.63, 3.8) is 0 Å². The van der Waals surface area contributed by atoms with Crippen molar-refractivity contribution >= 4 is 29.3 Å². The molecule has 0 aromatic heterocycles. The van der Waals surface area contributed by atoms with Gasteiger partial charge in [-0.05, 0) is 17.7 Å². The number of rotatable bonds is 7. The first-order valence-electron chi connectivity index (χ1n) is 5.29. The number of carboxylic acid groups (broad SMARTS) is 1. The second kappa shape index (κ2) is 7.73. The summed E-state index contributed by atoms with van der Waals surface area (Å²) >= 11 is 1.07. The van der Waals surface area contributed by atoms with Gasteiger partial charge in [-0.1, -0.05) is 12.1 Å². The Morgan fingerprint density at radius 2 is 1.94 bits per heavy atom. The maximum absolute atomic E-state index is 11.5. The molecule has 0 fully saturated rings. The van der Waals surface area contributed by atoms with Crippen molar-refractivity contribution in [3.8, 4) is 0 Å². The van der Waals surface area contributed by atoms with E-state index in [0.29, 0.717) is 12.3 Å². The minimum absolute atomic E-state index is 0.0692. The lowest BCUT2D eigenvalue weighted by Crippen LogP contribution is -2.15. The SMILES string of the molecule is COCc1ccc(NC(=O)CSCC(=O)O)cc1. The Kier molecular flexibility index (Phi) is 6.24. The number of thioether (sulfide) groups is 1. The molecule has 0 saturated heterocycles. The number of methoxy groups -OCH3 is 1. The summed E-state index contributed by atoms with van der Waals surface area (Å²) in [6.07, 6.45) is 0. The van der Waals surface area contributed by atoms with Gasteiger partial charge in [0.1, 0.15) is 0 Å². The first kappa shape index (κ1) is 14.5. The number of hydrogen-bond acceptors (Lipinski definition) is 4. The molecule has 0 atom stereocenters. The largest absolute Gasteiger partial charge is 0.481 e. The molecule has 0 bridgehead atoms. The standard InChI is InChI=1S/C12H15NO4S/c1-17-6-9-2-4-10(5-3-9)13-11(14)7-18-8-12(15)16/h2-5H,6-8H2,1H3,(H,13,14)(H,15,16). The van der Waals surface area contributed by atoms with Gasteiger partial charge in [-0.3, -0.25) is 9.59 Å². The van der Waals surface area contributed by atoms with Crippen LogP contribution in [0.15, 0.2) is 24.3 Å². The van der Waals surface area contributed by atoms with Gasteiger partial charge in [0.2, 0.25) is 5.91 Å². The number of benzene rings is 1. The highest BCUT2D eigenvalue weighted by Gasteiger charge is 2.04. The molecule has 0 aliphatic rings. The Hall–Kier alpha value is -1.53. The van der Waals surface area contributed by atoms with Crippen molar-refractivity contribution in [2.75, 3.05) is 23.9 Å².